The third-order valence-corrected chi connectivity index (χ3v) is 2.87. The second kappa shape index (κ2) is 4.45. The molecule has 0 atom stereocenters. The Bertz CT molecular complexity index is 358. The summed E-state index contributed by atoms with van der Waals surface area (Å²) in [5.74, 6) is 0.0231. The summed E-state index contributed by atoms with van der Waals surface area (Å²) in [6.45, 7) is 0.477. The van der Waals surface area contributed by atoms with Crippen LogP contribution in [0.15, 0.2) is 24.3 Å². The second-order valence-corrected chi connectivity index (χ2v) is 4.01. The standard InChI is InChI=1S/C12H16N2O/c13-8-9-3-1-4-10(7-9)12(15)14-11-5-2-6-11/h1,3-4,7,11H,2,5-6,8,13H2,(H,14,15). The number of carbonyl (C=O) groups excluding carboxylic acids is 1. The molecule has 2 rings (SSSR count). The first kappa shape index (κ1) is 10.2. The minimum absolute atomic E-state index is 0.0231. The van der Waals surface area contributed by atoms with Crippen molar-refractivity contribution in [3.05, 3.63) is 35.4 Å². The number of nitrogens with one attached hydrogen (secondary N) is 1. The van der Waals surface area contributed by atoms with Gasteiger partial charge in [0.15, 0.2) is 0 Å². The highest BCUT2D eigenvalue weighted by Gasteiger charge is 2.19. The Morgan fingerprint density at radius 2 is 2.27 bits per heavy atom. The van der Waals surface area contributed by atoms with Crippen LogP contribution in [0.1, 0.15) is 35.2 Å². The first-order valence-corrected chi connectivity index (χ1v) is 5.39. The molecule has 1 aliphatic carbocycles. The number of nitrogens with two attached hydrogens (primary N) is 1. The van der Waals surface area contributed by atoms with Crippen LogP contribution in [0.25, 0.3) is 0 Å². The van der Waals surface area contributed by atoms with Gasteiger partial charge in [-0.1, -0.05) is 12.1 Å². The van der Waals surface area contributed by atoms with Gasteiger partial charge in [-0.05, 0) is 37.0 Å². The van der Waals surface area contributed by atoms with Crippen molar-refractivity contribution >= 4 is 5.91 Å². The fourth-order valence-corrected chi connectivity index (χ4v) is 1.66. The molecule has 3 nitrogen and oxygen atoms in total. The molecule has 1 aromatic rings. The molecule has 0 spiro atoms. The molecule has 1 aliphatic rings. The molecule has 1 aromatic carbocycles. The minimum Gasteiger partial charge on any atom is -0.349 e. The third kappa shape index (κ3) is 2.36. The molecule has 15 heavy (non-hydrogen) atoms. The summed E-state index contributed by atoms with van der Waals surface area (Å²) in [7, 11) is 0. The van der Waals surface area contributed by atoms with Crippen LogP contribution >= 0.6 is 0 Å². The van der Waals surface area contributed by atoms with E-state index in [1.54, 1.807) is 0 Å². The van der Waals surface area contributed by atoms with Crippen LogP contribution in [-0.4, -0.2) is 11.9 Å². The van der Waals surface area contributed by atoms with Gasteiger partial charge in [0.25, 0.3) is 5.91 Å². The second-order valence-electron chi connectivity index (χ2n) is 4.01. The van der Waals surface area contributed by atoms with Gasteiger partial charge in [-0.2, -0.15) is 0 Å². The Morgan fingerprint density at radius 1 is 1.47 bits per heavy atom. The molecule has 0 radical (unpaired) electrons. The molecule has 80 valence electrons. The summed E-state index contributed by atoms with van der Waals surface area (Å²) in [6, 6.07) is 7.87. The monoisotopic (exact) mass is 204 g/mol. The van der Waals surface area contributed by atoms with Crippen LogP contribution in [0.4, 0.5) is 0 Å². The summed E-state index contributed by atoms with van der Waals surface area (Å²) in [4.78, 5) is 11.8. The summed E-state index contributed by atoms with van der Waals surface area (Å²) < 4.78 is 0. The summed E-state index contributed by atoms with van der Waals surface area (Å²) in [5.41, 5.74) is 7.24. The molecular formula is C12H16N2O. The number of benzene rings is 1. The highest BCUT2D eigenvalue weighted by molar-refractivity contribution is 5.94. The third-order valence-electron chi connectivity index (χ3n) is 2.87. The highest BCUT2D eigenvalue weighted by Crippen LogP contribution is 2.18. The van der Waals surface area contributed by atoms with Gasteiger partial charge in [0.05, 0.1) is 0 Å². The maximum absolute atomic E-state index is 11.8. The van der Waals surface area contributed by atoms with Crippen molar-refractivity contribution in [3.63, 3.8) is 0 Å². The number of hydrogen-bond donors (Lipinski definition) is 2. The van der Waals surface area contributed by atoms with E-state index in [4.69, 9.17) is 5.73 Å². The molecular weight excluding hydrogens is 188 g/mol. The van der Waals surface area contributed by atoms with Gasteiger partial charge in [0, 0.05) is 18.2 Å². The lowest BCUT2D eigenvalue weighted by Gasteiger charge is -2.26. The Morgan fingerprint density at radius 3 is 2.87 bits per heavy atom. The number of rotatable bonds is 3. The molecule has 1 amide bonds. The maximum atomic E-state index is 11.8. The smallest absolute Gasteiger partial charge is 0.251 e. The average Bonchev–Trinajstić information content (AvgIpc) is 2.23. The Balaban J connectivity index is 2.03. The first-order chi connectivity index (χ1) is 7.29. The van der Waals surface area contributed by atoms with Gasteiger partial charge in [-0.25, -0.2) is 0 Å². The first-order valence-electron chi connectivity index (χ1n) is 5.39. The lowest BCUT2D eigenvalue weighted by atomic mass is 9.93. The Kier molecular flexibility index (Phi) is 3.02. The quantitative estimate of drug-likeness (QED) is 0.782. The summed E-state index contributed by atoms with van der Waals surface area (Å²) in [5, 5.41) is 3.00. The van der Waals surface area contributed by atoms with E-state index in [1.807, 2.05) is 24.3 Å². The molecule has 0 saturated heterocycles. The van der Waals surface area contributed by atoms with E-state index in [2.05, 4.69) is 5.32 Å². The number of carbonyl (C=O) groups is 1. The van der Waals surface area contributed by atoms with Crippen LogP contribution < -0.4 is 11.1 Å². The van der Waals surface area contributed by atoms with E-state index in [0.29, 0.717) is 18.2 Å². The van der Waals surface area contributed by atoms with Gasteiger partial charge in [-0.15, -0.1) is 0 Å². The van der Waals surface area contributed by atoms with Gasteiger partial charge in [0.1, 0.15) is 0 Å². The number of hydrogen-bond acceptors (Lipinski definition) is 2. The predicted octanol–water partition coefficient (Wildman–Crippen LogP) is 1.43. The van der Waals surface area contributed by atoms with Crippen molar-refractivity contribution in [2.24, 2.45) is 5.73 Å². The van der Waals surface area contributed by atoms with Gasteiger partial charge in [-0.3, -0.25) is 4.79 Å². The van der Waals surface area contributed by atoms with E-state index < -0.39 is 0 Å². The van der Waals surface area contributed by atoms with Crippen molar-refractivity contribution in [1.82, 2.24) is 5.32 Å². The van der Waals surface area contributed by atoms with Crippen LogP contribution in [0.5, 0.6) is 0 Å². The normalized spacial score (nSPS) is 15.8. The fourth-order valence-electron chi connectivity index (χ4n) is 1.66. The maximum Gasteiger partial charge on any atom is 0.251 e. The van der Waals surface area contributed by atoms with Crippen molar-refractivity contribution < 1.29 is 4.79 Å². The zero-order valence-electron chi connectivity index (χ0n) is 8.70. The largest absolute Gasteiger partial charge is 0.349 e. The van der Waals surface area contributed by atoms with E-state index in [1.165, 1.54) is 6.42 Å². The van der Waals surface area contributed by atoms with Crippen molar-refractivity contribution in [2.45, 2.75) is 31.8 Å². The molecule has 3 heteroatoms. The molecule has 1 saturated carbocycles. The van der Waals surface area contributed by atoms with Crippen molar-refractivity contribution in [2.75, 3.05) is 0 Å². The van der Waals surface area contributed by atoms with Gasteiger partial charge in [0.2, 0.25) is 0 Å². The lowest BCUT2D eigenvalue weighted by Crippen LogP contribution is -2.39. The van der Waals surface area contributed by atoms with E-state index in [0.717, 1.165) is 18.4 Å². The van der Waals surface area contributed by atoms with Crippen LogP contribution in [0, 0.1) is 0 Å². The molecule has 0 aliphatic heterocycles. The average molecular weight is 204 g/mol. The van der Waals surface area contributed by atoms with E-state index in [-0.39, 0.29) is 5.91 Å². The van der Waals surface area contributed by atoms with E-state index >= 15 is 0 Å². The van der Waals surface area contributed by atoms with Crippen molar-refractivity contribution in [1.29, 1.82) is 0 Å². The predicted molar refractivity (Wildman–Crippen MR) is 59.4 cm³/mol. The van der Waals surface area contributed by atoms with Crippen LogP contribution in [0.2, 0.25) is 0 Å². The zero-order chi connectivity index (χ0) is 10.7. The molecule has 3 N–H and O–H groups in total. The minimum atomic E-state index is 0.0231. The Labute approximate surface area is 89.7 Å². The topological polar surface area (TPSA) is 55.1 Å². The molecule has 1 fully saturated rings. The molecule has 0 bridgehead atoms. The molecule has 0 aromatic heterocycles. The summed E-state index contributed by atoms with van der Waals surface area (Å²) in [6.07, 6.45) is 3.46. The van der Waals surface area contributed by atoms with Gasteiger partial charge < -0.3 is 11.1 Å². The van der Waals surface area contributed by atoms with Crippen LogP contribution in [-0.2, 0) is 6.54 Å². The molecule has 0 unspecified atom stereocenters. The van der Waals surface area contributed by atoms with Gasteiger partial charge >= 0.3 is 0 Å². The number of amides is 1. The lowest BCUT2D eigenvalue weighted by molar-refractivity contribution is 0.0917. The van der Waals surface area contributed by atoms with Crippen molar-refractivity contribution in [3.8, 4) is 0 Å². The van der Waals surface area contributed by atoms with Crippen LogP contribution in [0.3, 0.4) is 0 Å². The zero-order valence-corrected chi connectivity index (χ0v) is 8.70. The van der Waals surface area contributed by atoms with E-state index in [9.17, 15) is 4.79 Å². The highest BCUT2D eigenvalue weighted by atomic mass is 16.1. The fraction of sp³-hybridized carbons (Fsp3) is 0.417. The Hall–Kier alpha value is -1.35. The summed E-state index contributed by atoms with van der Waals surface area (Å²) >= 11 is 0. The SMILES string of the molecule is NCc1cccc(C(=O)NC2CCC2)c1. The molecule has 0 heterocycles.